The molecule has 1 heterocycles. The van der Waals surface area contributed by atoms with Crippen LogP contribution in [0.25, 0.3) is 11.4 Å². The first-order valence-electron chi connectivity index (χ1n) is 6.81. The fourth-order valence-corrected chi connectivity index (χ4v) is 1.96. The summed E-state index contributed by atoms with van der Waals surface area (Å²) in [6, 6.07) is 12.9. The second kappa shape index (κ2) is 6.31. The van der Waals surface area contributed by atoms with E-state index in [0.29, 0.717) is 11.3 Å². The lowest BCUT2D eigenvalue weighted by molar-refractivity contribution is -0.159. The summed E-state index contributed by atoms with van der Waals surface area (Å²) in [5.41, 5.74) is 0.331. The van der Waals surface area contributed by atoms with E-state index in [1.807, 2.05) is 6.07 Å². The molecule has 0 aliphatic rings. The zero-order valence-electron chi connectivity index (χ0n) is 12.0. The van der Waals surface area contributed by atoms with Gasteiger partial charge in [-0.05, 0) is 29.8 Å². The van der Waals surface area contributed by atoms with Crippen molar-refractivity contribution in [1.82, 2.24) is 10.1 Å². The van der Waals surface area contributed by atoms with E-state index in [0.717, 1.165) is 6.07 Å². The first-order valence-corrected chi connectivity index (χ1v) is 6.81. The van der Waals surface area contributed by atoms with E-state index in [4.69, 9.17) is 4.74 Å². The Hall–Kier alpha value is -2.90. The molecule has 8 heteroatoms. The number of halogens is 4. The van der Waals surface area contributed by atoms with Gasteiger partial charge < -0.3 is 9.26 Å². The van der Waals surface area contributed by atoms with Crippen molar-refractivity contribution < 1.29 is 26.8 Å². The van der Waals surface area contributed by atoms with E-state index in [-0.39, 0.29) is 12.2 Å². The van der Waals surface area contributed by atoms with Crippen molar-refractivity contribution in [2.24, 2.45) is 0 Å². The molecule has 0 N–H and O–H groups in total. The molecular formula is C16H10F4N2O2. The molecule has 124 valence electrons. The molecule has 0 bridgehead atoms. The molecule has 0 saturated carbocycles. The van der Waals surface area contributed by atoms with Crippen LogP contribution in [0.15, 0.2) is 53.1 Å². The highest BCUT2D eigenvalue weighted by atomic mass is 19.4. The van der Waals surface area contributed by atoms with Crippen LogP contribution in [0.3, 0.4) is 0 Å². The minimum absolute atomic E-state index is 0.112. The van der Waals surface area contributed by atoms with E-state index in [2.05, 4.69) is 14.7 Å². The lowest BCUT2D eigenvalue weighted by atomic mass is 10.1. The summed E-state index contributed by atoms with van der Waals surface area (Å²) in [6.45, 7) is 0.112. The molecule has 0 spiro atoms. The standard InChI is InChI=1S/C16H10F4N2O2/c17-13-8-10(9-23-11-4-2-1-3-5-11)6-7-12(13)14-21-15(24-22-14)16(18,19)20/h1-8H,9H2. The summed E-state index contributed by atoms with van der Waals surface area (Å²) in [6.07, 6.45) is -4.77. The van der Waals surface area contributed by atoms with Crippen molar-refractivity contribution in [2.45, 2.75) is 12.8 Å². The first-order chi connectivity index (χ1) is 11.4. The van der Waals surface area contributed by atoms with Gasteiger partial charge in [0.25, 0.3) is 0 Å². The van der Waals surface area contributed by atoms with Gasteiger partial charge in [-0.3, -0.25) is 0 Å². The van der Waals surface area contributed by atoms with Gasteiger partial charge in [-0.1, -0.05) is 29.4 Å². The van der Waals surface area contributed by atoms with Crippen molar-refractivity contribution in [2.75, 3.05) is 0 Å². The number of benzene rings is 2. The smallest absolute Gasteiger partial charge is 0.471 e. The molecule has 0 radical (unpaired) electrons. The van der Waals surface area contributed by atoms with Crippen molar-refractivity contribution in [1.29, 1.82) is 0 Å². The topological polar surface area (TPSA) is 48.2 Å². The van der Waals surface area contributed by atoms with Crippen LogP contribution in [0.1, 0.15) is 11.5 Å². The molecule has 0 fully saturated rings. The first kappa shape index (κ1) is 16.0. The van der Waals surface area contributed by atoms with Crippen molar-refractivity contribution in [3.63, 3.8) is 0 Å². The molecule has 2 aromatic carbocycles. The molecule has 0 amide bonds. The number of rotatable bonds is 4. The minimum atomic E-state index is -4.77. The maximum Gasteiger partial charge on any atom is 0.471 e. The monoisotopic (exact) mass is 338 g/mol. The second-order valence-corrected chi connectivity index (χ2v) is 4.84. The quantitative estimate of drug-likeness (QED) is 0.659. The summed E-state index contributed by atoms with van der Waals surface area (Å²) < 4.78 is 61.0. The van der Waals surface area contributed by atoms with Crippen LogP contribution in [0, 0.1) is 5.82 Å². The molecule has 3 rings (SSSR count). The van der Waals surface area contributed by atoms with Crippen LogP contribution in [0.2, 0.25) is 0 Å². The summed E-state index contributed by atoms with van der Waals surface area (Å²) in [4.78, 5) is 3.16. The Morgan fingerprint density at radius 3 is 2.42 bits per heavy atom. The molecule has 1 aromatic heterocycles. The average Bonchev–Trinajstić information content (AvgIpc) is 3.04. The minimum Gasteiger partial charge on any atom is -0.489 e. The van der Waals surface area contributed by atoms with Gasteiger partial charge in [0.05, 0.1) is 5.56 Å². The Bertz CT molecular complexity index is 832. The van der Waals surface area contributed by atoms with Crippen molar-refractivity contribution in [3.8, 4) is 17.1 Å². The maximum absolute atomic E-state index is 14.1. The largest absolute Gasteiger partial charge is 0.489 e. The second-order valence-electron chi connectivity index (χ2n) is 4.84. The fraction of sp³-hybridized carbons (Fsp3) is 0.125. The maximum atomic E-state index is 14.1. The molecule has 0 unspecified atom stereocenters. The van der Waals surface area contributed by atoms with Gasteiger partial charge in [0.2, 0.25) is 5.82 Å². The van der Waals surface area contributed by atoms with Crippen LogP contribution in [-0.4, -0.2) is 10.1 Å². The molecule has 4 nitrogen and oxygen atoms in total. The van der Waals surface area contributed by atoms with Gasteiger partial charge >= 0.3 is 12.1 Å². The predicted molar refractivity (Wildman–Crippen MR) is 75.5 cm³/mol. The van der Waals surface area contributed by atoms with Gasteiger partial charge in [-0.25, -0.2) is 4.39 Å². The predicted octanol–water partition coefficient (Wildman–Crippen LogP) is 4.47. The number of nitrogens with zero attached hydrogens (tertiary/aromatic N) is 2. The highest BCUT2D eigenvalue weighted by Crippen LogP contribution is 2.30. The number of alkyl halides is 3. The number of ether oxygens (including phenoxy) is 1. The normalized spacial score (nSPS) is 11.5. The Morgan fingerprint density at radius 2 is 1.79 bits per heavy atom. The van der Waals surface area contributed by atoms with E-state index in [1.165, 1.54) is 12.1 Å². The molecule has 0 aliphatic heterocycles. The molecule has 24 heavy (non-hydrogen) atoms. The van der Waals surface area contributed by atoms with Gasteiger partial charge in [0, 0.05) is 0 Å². The lowest BCUT2D eigenvalue weighted by Gasteiger charge is -2.07. The summed E-state index contributed by atoms with van der Waals surface area (Å²) in [5, 5.41) is 3.16. The zero-order valence-corrected chi connectivity index (χ0v) is 12.0. The highest BCUT2D eigenvalue weighted by molar-refractivity contribution is 5.55. The van der Waals surface area contributed by atoms with Crippen LogP contribution >= 0.6 is 0 Å². The molecule has 0 atom stereocenters. The molecule has 0 aliphatic carbocycles. The third-order valence-corrected chi connectivity index (χ3v) is 3.09. The number of para-hydroxylation sites is 1. The van der Waals surface area contributed by atoms with Crippen molar-refractivity contribution in [3.05, 3.63) is 65.8 Å². The van der Waals surface area contributed by atoms with Gasteiger partial charge in [-0.2, -0.15) is 18.2 Å². The highest BCUT2D eigenvalue weighted by Gasteiger charge is 2.38. The molecule has 0 saturated heterocycles. The summed E-state index contributed by atoms with van der Waals surface area (Å²) >= 11 is 0. The molecular weight excluding hydrogens is 328 g/mol. The van der Waals surface area contributed by atoms with Gasteiger partial charge in [0.15, 0.2) is 0 Å². The lowest BCUT2D eigenvalue weighted by Crippen LogP contribution is -2.05. The van der Waals surface area contributed by atoms with Crippen LogP contribution in [0.4, 0.5) is 17.6 Å². The number of hydrogen-bond donors (Lipinski definition) is 0. The zero-order chi connectivity index (χ0) is 17.2. The van der Waals surface area contributed by atoms with Gasteiger partial charge in [-0.15, -0.1) is 0 Å². The SMILES string of the molecule is Fc1cc(COc2ccccc2)ccc1-c1noc(C(F)(F)F)n1. The molecule has 3 aromatic rings. The van der Waals surface area contributed by atoms with E-state index in [9.17, 15) is 17.6 Å². The van der Waals surface area contributed by atoms with Crippen LogP contribution < -0.4 is 4.74 Å². The Kier molecular flexibility index (Phi) is 4.20. The van der Waals surface area contributed by atoms with Crippen molar-refractivity contribution >= 4 is 0 Å². The number of hydrogen-bond acceptors (Lipinski definition) is 4. The summed E-state index contributed by atoms with van der Waals surface area (Å²) in [7, 11) is 0. The Morgan fingerprint density at radius 1 is 1.04 bits per heavy atom. The van der Waals surface area contributed by atoms with Crippen LogP contribution in [0.5, 0.6) is 5.75 Å². The van der Waals surface area contributed by atoms with Crippen LogP contribution in [-0.2, 0) is 12.8 Å². The van der Waals surface area contributed by atoms with E-state index >= 15 is 0 Å². The number of aromatic nitrogens is 2. The third kappa shape index (κ3) is 3.53. The fourth-order valence-electron chi connectivity index (χ4n) is 1.96. The van der Waals surface area contributed by atoms with E-state index < -0.39 is 23.7 Å². The Labute approximate surface area is 133 Å². The van der Waals surface area contributed by atoms with E-state index in [1.54, 1.807) is 24.3 Å². The third-order valence-electron chi connectivity index (χ3n) is 3.09. The Balaban J connectivity index is 1.76. The summed E-state index contributed by atoms with van der Waals surface area (Å²) in [5.74, 6) is -2.13. The van der Waals surface area contributed by atoms with Gasteiger partial charge in [0.1, 0.15) is 18.2 Å². The average molecular weight is 338 g/mol.